The first-order chi connectivity index (χ1) is 16.4. The number of carbonyl (C=O) groups excluding carboxylic acids is 1. The molecule has 0 unspecified atom stereocenters. The van der Waals surface area contributed by atoms with Gasteiger partial charge >= 0.3 is 6.18 Å². The van der Waals surface area contributed by atoms with Crippen LogP contribution in [-0.2, 0) is 37.1 Å². The van der Waals surface area contributed by atoms with Crippen LogP contribution in [0.1, 0.15) is 37.8 Å². The summed E-state index contributed by atoms with van der Waals surface area (Å²) in [5, 5.41) is 0.297. The van der Waals surface area contributed by atoms with Crippen LogP contribution in [-0.4, -0.2) is 51.7 Å². The third-order valence-electron chi connectivity index (χ3n) is 6.76. The maximum Gasteiger partial charge on any atom is 0.416 e. The number of carbonyl (C=O) groups is 1. The van der Waals surface area contributed by atoms with E-state index in [0.29, 0.717) is 23.9 Å². The van der Waals surface area contributed by atoms with Crippen molar-refractivity contribution in [2.75, 3.05) is 19.3 Å². The second-order valence-corrected chi connectivity index (χ2v) is 14.4. The highest BCUT2D eigenvalue weighted by Crippen LogP contribution is 2.39. The Morgan fingerprint density at radius 3 is 2.19 bits per heavy atom. The molecule has 0 aliphatic carbocycles. The minimum atomic E-state index is -4.67. The third-order valence-corrected chi connectivity index (χ3v) is 10.8. The Bertz CT molecular complexity index is 1360. The molecule has 1 aliphatic heterocycles. The molecule has 6 nitrogen and oxygen atoms in total. The lowest BCUT2D eigenvalue weighted by molar-refractivity contribution is -0.137. The van der Waals surface area contributed by atoms with Crippen LogP contribution in [0.25, 0.3) is 0 Å². The van der Waals surface area contributed by atoms with Gasteiger partial charge in [0.05, 0.1) is 26.5 Å². The first-order valence-electron chi connectivity index (χ1n) is 11.1. The molecule has 12 heteroatoms. The fourth-order valence-electron chi connectivity index (χ4n) is 4.51. The van der Waals surface area contributed by atoms with Crippen molar-refractivity contribution in [1.82, 2.24) is 4.90 Å². The van der Waals surface area contributed by atoms with Crippen molar-refractivity contribution in [3.8, 4) is 0 Å². The van der Waals surface area contributed by atoms with Crippen LogP contribution in [0.15, 0.2) is 52.3 Å². The Morgan fingerprint density at radius 1 is 1.03 bits per heavy atom. The normalized spacial score (nSPS) is 16.2. The Hall–Kier alpha value is -2.11. The molecule has 1 fully saturated rings. The molecule has 3 rings (SSSR count). The Balaban J connectivity index is 1.74. The van der Waals surface area contributed by atoms with Crippen LogP contribution in [0.3, 0.4) is 0 Å². The van der Waals surface area contributed by atoms with E-state index in [2.05, 4.69) is 0 Å². The number of benzene rings is 2. The van der Waals surface area contributed by atoms with Crippen molar-refractivity contribution in [2.24, 2.45) is 5.92 Å². The first kappa shape index (κ1) is 28.5. The topological polar surface area (TPSA) is 88.6 Å². The maximum absolute atomic E-state index is 13.3. The second-order valence-electron chi connectivity index (χ2n) is 9.49. The fourth-order valence-corrected chi connectivity index (χ4v) is 7.45. The molecule has 0 bridgehead atoms. The van der Waals surface area contributed by atoms with Gasteiger partial charge in [-0.05, 0) is 74.6 Å². The van der Waals surface area contributed by atoms with E-state index in [9.17, 15) is 34.8 Å². The predicted octanol–water partition coefficient (Wildman–Crippen LogP) is 4.80. The van der Waals surface area contributed by atoms with Crippen LogP contribution in [0.4, 0.5) is 13.2 Å². The van der Waals surface area contributed by atoms with Crippen molar-refractivity contribution < 1.29 is 34.8 Å². The highest BCUT2D eigenvalue weighted by atomic mass is 35.5. The van der Waals surface area contributed by atoms with Crippen molar-refractivity contribution >= 4 is 37.2 Å². The molecule has 1 amide bonds. The molecule has 36 heavy (non-hydrogen) atoms. The van der Waals surface area contributed by atoms with Crippen molar-refractivity contribution in [3.63, 3.8) is 0 Å². The number of rotatable bonds is 6. The highest BCUT2D eigenvalue weighted by molar-refractivity contribution is 7.92. The quantitative estimate of drug-likeness (QED) is 0.502. The molecular weight excluding hydrogens is 539 g/mol. The van der Waals surface area contributed by atoms with Gasteiger partial charge in [-0.25, -0.2) is 16.8 Å². The van der Waals surface area contributed by atoms with E-state index < -0.39 is 47.0 Å². The summed E-state index contributed by atoms with van der Waals surface area (Å²) >= 11 is 5.99. The molecule has 2 aromatic carbocycles. The van der Waals surface area contributed by atoms with Gasteiger partial charge in [0, 0.05) is 24.4 Å². The maximum atomic E-state index is 13.3. The Labute approximate surface area is 214 Å². The van der Waals surface area contributed by atoms with E-state index in [1.165, 1.54) is 36.9 Å². The highest BCUT2D eigenvalue weighted by Gasteiger charge is 2.45. The van der Waals surface area contributed by atoms with Gasteiger partial charge in [-0.3, -0.25) is 4.79 Å². The lowest BCUT2D eigenvalue weighted by Crippen LogP contribution is -2.48. The first-order valence-corrected chi connectivity index (χ1v) is 14.9. The Morgan fingerprint density at radius 2 is 1.64 bits per heavy atom. The van der Waals surface area contributed by atoms with Gasteiger partial charge in [-0.2, -0.15) is 13.2 Å². The minimum Gasteiger partial charge on any atom is -0.342 e. The van der Waals surface area contributed by atoms with Gasteiger partial charge in [0.25, 0.3) is 0 Å². The summed E-state index contributed by atoms with van der Waals surface area (Å²) in [6, 6.07) is 7.94. The van der Waals surface area contributed by atoms with Crippen LogP contribution < -0.4 is 0 Å². The van der Waals surface area contributed by atoms with Gasteiger partial charge < -0.3 is 4.90 Å². The number of hydrogen-bond donors (Lipinski definition) is 0. The molecule has 0 aromatic heterocycles. The number of amides is 1. The van der Waals surface area contributed by atoms with Gasteiger partial charge in [0.1, 0.15) is 0 Å². The van der Waals surface area contributed by atoms with Crippen molar-refractivity contribution in [3.05, 3.63) is 58.6 Å². The van der Waals surface area contributed by atoms with Crippen molar-refractivity contribution in [2.45, 2.75) is 53.8 Å². The molecule has 1 heterocycles. The molecule has 0 radical (unpaired) electrons. The summed E-state index contributed by atoms with van der Waals surface area (Å²) in [4.78, 5) is 14.1. The number of sulfone groups is 2. The van der Waals surface area contributed by atoms with E-state index in [1.807, 2.05) is 0 Å². The van der Waals surface area contributed by atoms with E-state index >= 15 is 0 Å². The minimum absolute atomic E-state index is 0.0171. The zero-order chi connectivity index (χ0) is 27.1. The van der Waals surface area contributed by atoms with Crippen LogP contribution in [0.5, 0.6) is 0 Å². The van der Waals surface area contributed by atoms with E-state index in [0.717, 1.165) is 24.5 Å². The number of likely N-dealkylation sites (tertiary alicyclic amines) is 1. The summed E-state index contributed by atoms with van der Waals surface area (Å²) in [6.07, 6.45) is -3.15. The summed E-state index contributed by atoms with van der Waals surface area (Å²) in [5.74, 6) is -0.724. The predicted molar refractivity (Wildman–Crippen MR) is 130 cm³/mol. The van der Waals surface area contributed by atoms with Gasteiger partial charge in [-0.1, -0.05) is 17.7 Å². The molecule has 0 N–H and O–H groups in total. The summed E-state index contributed by atoms with van der Waals surface area (Å²) in [5.41, 5.74) is -0.751. The SMILES string of the molecule is CC(C)(C1CCN(C(=O)Cc2cc(Cl)ccc2S(C)(=O)=O)CC1)S(=O)(=O)c1cccc(C(F)(F)F)c1. The number of alkyl halides is 3. The molecule has 1 aliphatic rings. The second kappa shape index (κ2) is 9.98. The largest absolute Gasteiger partial charge is 0.416 e. The molecule has 0 spiro atoms. The van der Waals surface area contributed by atoms with Gasteiger partial charge in [-0.15, -0.1) is 0 Å². The average Bonchev–Trinajstić information content (AvgIpc) is 2.77. The molecular formula is C24H27ClF3NO5S2. The van der Waals surface area contributed by atoms with E-state index in [1.54, 1.807) is 0 Å². The van der Waals surface area contributed by atoms with Crippen molar-refractivity contribution in [1.29, 1.82) is 0 Å². The van der Waals surface area contributed by atoms with E-state index in [-0.39, 0.29) is 35.9 Å². The lowest BCUT2D eigenvalue weighted by Gasteiger charge is -2.40. The number of nitrogens with zero attached hydrogens (tertiary/aromatic N) is 1. The van der Waals surface area contributed by atoms with Crippen LogP contribution in [0, 0.1) is 5.92 Å². The van der Waals surface area contributed by atoms with E-state index in [4.69, 9.17) is 11.6 Å². The summed E-state index contributed by atoms with van der Waals surface area (Å²) in [6.45, 7) is 3.46. The summed E-state index contributed by atoms with van der Waals surface area (Å²) in [7, 11) is -7.70. The fraction of sp³-hybridized carbons (Fsp3) is 0.458. The molecule has 0 atom stereocenters. The standard InChI is InChI=1S/C24H27ClF3NO5S2/c1-23(2,36(33,34)20-6-4-5-18(15-20)24(26,27)28)17-9-11-29(12-10-17)22(30)14-16-13-19(25)7-8-21(16)35(3,31)32/h4-8,13,15,17H,9-12,14H2,1-3H3. The number of halogens is 4. The van der Waals surface area contributed by atoms with Gasteiger partial charge in [0.15, 0.2) is 19.7 Å². The van der Waals surface area contributed by atoms with Crippen LogP contribution in [0.2, 0.25) is 5.02 Å². The molecule has 2 aromatic rings. The van der Waals surface area contributed by atoms with Gasteiger partial charge in [0.2, 0.25) is 5.91 Å². The number of piperidine rings is 1. The number of hydrogen-bond acceptors (Lipinski definition) is 5. The molecule has 1 saturated heterocycles. The lowest BCUT2D eigenvalue weighted by atomic mass is 9.85. The van der Waals surface area contributed by atoms with Crippen LogP contribution >= 0.6 is 11.6 Å². The zero-order valence-corrected chi connectivity index (χ0v) is 22.4. The molecule has 0 saturated carbocycles. The summed E-state index contributed by atoms with van der Waals surface area (Å²) < 4.78 is 88.8. The average molecular weight is 566 g/mol. The smallest absolute Gasteiger partial charge is 0.342 e. The molecule has 198 valence electrons. The monoisotopic (exact) mass is 565 g/mol. The third kappa shape index (κ3) is 5.89. The zero-order valence-electron chi connectivity index (χ0n) is 20.0. The Kier molecular flexibility index (Phi) is 7.89.